The van der Waals surface area contributed by atoms with E-state index in [1.807, 2.05) is 13.8 Å². The van der Waals surface area contributed by atoms with Crippen molar-refractivity contribution in [2.75, 3.05) is 31.1 Å². The van der Waals surface area contributed by atoms with E-state index in [0.717, 1.165) is 44.2 Å². The summed E-state index contributed by atoms with van der Waals surface area (Å²) >= 11 is 0. The summed E-state index contributed by atoms with van der Waals surface area (Å²) in [5.74, 6) is 2.11. The van der Waals surface area contributed by atoms with E-state index in [0.29, 0.717) is 5.92 Å². The maximum atomic E-state index is 9.32. The van der Waals surface area contributed by atoms with Crippen molar-refractivity contribution in [1.82, 2.24) is 15.2 Å². The molecule has 0 amide bonds. The van der Waals surface area contributed by atoms with Gasteiger partial charge in [-0.2, -0.15) is 4.98 Å². The number of aliphatic hydroxyl groups is 1. The zero-order valence-corrected chi connectivity index (χ0v) is 11.2. The molecule has 1 saturated heterocycles. The zero-order chi connectivity index (χ0) is 13.2. The fraction of sp³-hybridized carbons (Fsp3) is 0.833. The number of nitrogens with two attached hydrogens (primary N) is 1. The second-order valence-electron chi connectivity index (χ2n) is 5.69. The molecular formula is C12H23N5O. The average molecular weight is 253 g/mol. The molecule has 1 fully saturated rings. The molecule has 2 heterocycles. The van der Waals surface area contributed by atoms with Crippen molar-refractivity contribution in [3.05, 3.63) is 5.82 Å². The number of anilines is 1. The van der Waals surface area contributed by atoms with E-state index in [9.17, 15) is 5.11 Å². The van der Waals surface area contributed by atoms with Gasteiger partial charge in [0.2, 0.25) is 5.95 Å². The molecule has 0 unspecified atom stereocenters. The van der Waals surface area contributed by atoms with Gasteiger partial charge in [0.25, 0.3) is 0 Å². The van der Waals surface area contributed by atoms with Crippen LogP contribution in [-0.2, 0) is 5.41 Å². The van der Waals surface area contributed by atoms with Gasteiger partial charge in [-0.1, -0.05) is 13.8 Å². The van der Waals surface area contributed by atoms with Crippen molar-refractivity contribution < 1.29 is 5.11 Å². The molecule has 0 radical (unpaired) electrons. The lowest BCUT2D eigenvalue weighted by molar-refractivity contribution is 0.212. The van der Waals surface area contributed by atoms with Crippen molar-refractivity contribution >= 4 is 5.95 Å². The molecule has 1 aliphatic rings. The molecule has 6 heteroatoms. The Hall–Kier alpha value is -1.14. The molecule has 18 heavy (non-hydrogen) atoms. The molecule has 102 valence electrons. The van der Waals surface area contributed by atoms with Gasteiger partial charge in [0.1, 0.15) is 5.82 Å². The summed E-state index contributed by atoms with van der Waals surface area (Å²) in [6.45, 7) is 6.62. The molecule has 4 N–H and O–H groups in total. The molecule has 0 aromatic carbocycles. The molecule has 0 spiro atoms. The van der Waals surface area contributed by atoms with Crippen LogP contribution in [0.4, 0.5) is 5.95 Å². The van der Waals surface area contributed by atoms with Gasteiger partial charge in [0.15, 0.2) is 0 Å². The molecule has 2 rings (SSSR count). The van der Waals surface area contributed by atoms with Gasteiger partial charge < -0.3 is 15.7 Å². The van der Waals surface area contributed by atoms with Crippen molar-refractivity contribution in [2.24, 2.45) is 11.7 Å². The monoisotopic (exact) mass is 253 g/mol. The quantitative estimate of drug-likeness (QED) is 0.715. The van der Waals surface area contributed by atoms with Crippen LogP contribution in [0.3, 0.4) is 0 Å². The number of nitrogens with zero attached hydrogens (tertiary/aromatic N) is 3. The number of aromatic nitrogens is 3. The van der Waals surface area contributed by atoms with Gasteiger partial charge in [-0.3, -0.25) is 5.10 Å². The predicted octanol–water partition coefficient (Wildman–Crippen LogP) is 0.250. The zero-order valence-electron chi connectivity index (χ0n) is 11.2. The van der Waals surface area contributed by atoms with E-state index in [4.69, 9.17) is 5.73 Å². The van der Waals surface area contributed by atoms with E-state index in [1.165, 1.54) is 0 Å². The first-order valence-electron chi connectivity index (χ1n) is 6.55. The highest BCUT2D eigenvalue weighted by Crippen LogP contribution is 2.23. The highest BCUT2D eigenvalue weighted by molar-refractivity contribution is 5.30. The van der Waals surface area contributed by atoms with Crippen LogP contribution < -0.4 is 10.6 Å². The molecule has 0 saturated carbocycles. The maximum Gasteiger partial charge on any atom is 0.244 e. The van der Waals surface area contributed by atoms with Crippen LogP contribution in [0.2, 0.25) is 0 Å². The minimum atomic E-state index is -0.374. The van der Waals surface area contributed by atoms with E-state index >= 15 is 0 Å². The Morgan fingerprint density at radius 3 is 2.67 bits per heavy atom. The smallest absolute Gasteiger partial charge is 0.244 e. The normalized spacial score (nSPS) is 18.3. The van der Waals surface area contributed by atoms with Crippen molar-refractivity contribution in [3.63, 3.8) is 0 Å². The van der Waals surface area contributed by atoms with Crippen molar-refractivity contribution in [2.45, 2.75) is 32.1 Å². The SMILES string of the molecule is CC(C)(CO)c1nc(N2CCC(CN)CC2)n[nH]1. The number of aliphatic hydroxyl groups excluding tert-OH is 1. The van der Waals surface area contributed by atoms with Crippen LogP contribution in [0.25, 0.3) is 0 Å². The van der Waals surface area contributed by atoms with Crippen LogP contribution in [0.15, 0.2) is 0 Å². The van der Waals surface area contributed by atoms with E-state index in [1.54, 1.807) is 0 Å². The molecule has 0 bridgehead atoms. The fourth-order valence-corrected chi connectivity index (χ4v) is 2.14. The third-order valence-corrected chi connectivity index (χ3v) is 3.74. The predicted molar refractivity (Wildman–Crippen MR) is 70.5 cm³/mol. The van der Waals surface area contributed by atoms with Crippen molar-refractivity contribution in [1.29, 1.82) is 0 Å². The summed E-state index contributed by atoms with van der Waals surface area (Å²) in [6, 6.07) is 0. The standard InChI is InChI=1S/C12H23N5O/c1-12(2,8-18)10-14-11(16-15-10)17-5-3-9(7-13)4-6-17/h9,18H,3-8,13H2,1-2H3,(H,14,15,16). The van der Waals surface area contributed by atoms with Crippen LogP contribution >= 0.6 is 0 Å². The Kier molecular flexibility index (Phi) is 3.87. The van der Waals surface area contributed by atoms with Gasteiger partial charge >= 0.3 is 0 Å². The summed E-state index contributed by atoms with van der Waals surface area (Å²) in [6.07, 6.45) is 2.20. The number of H-pyrrole nitrogens is 1. The molecule has 1 aromatic rings. The summed E-state index contributed by atoms with van der Waals surface area (Å²) in [7, 11) is 0. The number of nitrogens with one attached hydrogen (secondary N) is 1. The number of piperidine rings is 1. The Labute approximate surface area is 108 Å². The highest BCUT2D eigenvalue weighted by Gasteiger charge is 2.26. The summed E-state index contributed by atoms with van der Waals surface area (Å²) in [5, 5.41) is 16.5. The minimum absolute atomic E-state index is 0.0525. The number of rotatable bonds is 4. The Morgan fingerprint density at radius 2 is 2.11 bits per heavy atom. The average Bonchev–Trinajstić information content (AvgIpc) is 2.89. The van der Waals surface area contributed by atoms with Gasteiger partial charge in [0, 0.05) is 18.5 Å². The molecule has 6 nitrogen and oxygen atoms in total. The Bertz CT molecular complexity index is 382. The minimum Gasteiger partial charge on any atom is -0.395 e. The van der Waals surface area contributed by atoms with Crippen molar-refractivity contribution in [3.8, 4) is 0 Å². The third kappa shape index (κ3) is 2.64. The number of hydrogen-bond donors (Lipinski definition) is 3. The van der Waals surface area contributed by atoms with E-state index in [-0.39, 0.29) is 12.0 Å². The first-order valence-corrected chi connectivity index (χ1v) is 6.55. The second kappa shape index (κ2) is 5.24. The lowest BCUT2D eigenvalue weighted by atomic mass is 9.94. The molecule has 0 aliphatic carbocycles. The highest BCUT2D eigenvalue weighted by atomic mass is 16.3. The summed E-state index contributed by atoms with van der Waals surface area (Å²) in [5.41, 5.74) is 5.31. The lowest BCUT2D eigenvalue weighted by Crippen LogP contribution is -2.36. The van der Waals surface area contributed by atoms with Gasteiger partial charge in [-0.25, -0.2) is 0 Å². The molecule has 1 aromatic heterocycles. The van der Waals surface area contributed by atoms with Gasteiger partial charge in [0.05, 0.1) is 6.61 Å². The topological polar surface area (TPSA) is 91.1 Å². The molecule has 0 atom stereocenters. The summed E-state index contributed by atoms with van der Waals surface area (Å²) in [4.78, 5) is 6.68. The third-order valence-electron chi connectivity index (χ3n) is 3.74. The number of hydrogen-bond acceptors (Lipinski definition) is 5. The first kappa shape index (κ1) is 13.3. The summed E-state index contributed by atoms with van der Waals surface area (Å²) < 4.78 is 0. The maximum absolute atomic E-state index is 9.32. The van der Waals surface area contributed by atoms with E-state index < -0.39 is 0 Å². The molecular weight excluding hydrogens is 230 g/mol. The Balaban J connectivity index is 2.03. The largest absolute Gasteiger partial charge is 0.395 e. The lowest BCUT2D eigenvalue weighted by Gasteiger charge is -2.30. The molecule has 1 aliphatic heterocycles. The van der Waals surface area contributed by atoms with Crippen LogP contribution in [-0.4, -0.2) is 46.5 Å². The number of aromatic amines is 1. The van der Waals surface area contributed by atoms with Crippen LogP contribution in [0.1, 0.15) is 32.5 Å². The van der Waals surface area contributed by atoms with Gasteiger partial charge in [-0.05, 0) is 25.3 Å². The van der Waals surface area contributed by atoms with Crippen LogP contribution in [0, 0.1) is 5.92 Å². The second-order valence-corrected chi connectivity index (χ2v) is 5.69. The Morgan fingerprint density at radius 1 is 1.44 bits per heavy atom. The van der Waals surface area contributed by atoms with Gasteiger partial charge in [-0.15, -0.1) is 5.10 Å². The van der Waals surface area contributed by atoms with E-state index in [2.05, 4.69) is 20.1 Å². The fourth-order valence-electron chi connectivity index (χ4n) is 2.14. The van der Waals surface area contributed by atoms with Crippen LogP contribution in [0.5, 0.6) is 0 Å². The first-order chi connectivity index (χ1) is 8.56.